The van der Waals surface area contributed by atoms with Crippen molar-refractivity contribution in [2.75, 3.05) is 6.61 Å². The number of aromatic nitrogens is 6. The van der Waals surface area contributed by atoms with Crippen LogP contribution in [0.2, 0.25) is 0 Å². The number of rotatable bonds is 3. The van der Waals surface area contributed by atoms with Crippen LogP contribution in [-0.2, 0) is 10.9 Å². The van der Waals surface area contributed by atoms with Crippen LogP contribution < -0.4 is 0 Å². The van der Waals surface area contributed by atoms with Gasteiger partial charge in [0.2, 0.25) is 4.73 Å². The van der Waals surface area contributed by atoms with Gasteiger partial charge in [-0.2, -0.15) is 27.9 Å². The van der Waals surface area contributed by atoms with Crippen LogP contribution in [0.4, 0.5) is 13.2 Å². The van der Waals surface area contributed by atoms with Gasteiger partial charge >= 0.3 is 6.18 Å². The van der Waals surface area contributed by atoms with Crippen molar-refractivity contribution < 1.29 is 17.9 Å². The van der Waals surface area contributed by atoms with E-state index in [1.54, 1.807) is 18.2 Å². The van der Waals surface area contributed by atoms with E-state index < -0.39 is 12.0 Å². The summed E-state index contributed by atoms with van der Waals surface area (Å²) in [5, 5.41) is 8.17. The van der Waals surface area contributed by atoms with Crippen LogP contribution in [0.3, 0.4) is 0 Å². The van der Waals surface area contributed by atoms with Crippen molar-refractivity contribution >= 4 is 15.9 Å². The molecule has 0 aliphatic carbocycles. The highest BCUT2D eigenvalue weighted by Crippen LogP contribution is 2.32. The fourth-order valence-electron chi connectivity index (χ4n) is 3.47. The van der Waals surface area contributed by atoms with Crippen molar-refractivity contribution in [2.45, 2.75) is 45.5 Å². The third kappa shape index (κ3) is 3.80. The van der Waals surface area contributed by atoms with Gasteiger partial charge in [-0.1, -0.05) is 6.07 Å². The van der Waals surface area contributed by atoms with Gasteiger partial charge in [-0.3, -0.25) is 0 Å². The summed E-state index contributed by atoms with van der Waals surface area (Å²) in [4.78, 5) is 7.95. The summed E-state index contributed by atoms with van der Waals surface area (Å²) in [6, 6.07) is 5.08. The molecule has 29 heavy (non-hydrogen) atoms. The molecule has 3 aromatic rings. The van der Waals surface area contributed by atoms with E-state index in [4.69, 9.17) is 4.74 Å². The van der Waals surface area contributed by atoms with Gasteiger partial charge in [0, 0.05) is 17.9 Å². The van der Waals surface area contributed by atoms with Crippen molar-refractivity contribution in [1.82, 2.24) is 29.5 Å². The average molecular weight is 471 g/mol. The van der Waals surface area contributed by atoms with Gasteiger partial charge in [0.25, 0.3) is 5.82 Å². The summed E-state index contributed by atoms with van der Waals surface area (Å²) >= 11 is 3.03. The molecule has 1 aliphatic heterocycles. The van der Waals surface area contributed by atoms with Crippen LogP contribution in [0, 0.1) is 13.8 Å². The second kappa shape index (κ2) is 7.52. The minimum atomic E-state index is -4.64. The number of aryl methyl sites for hydroxylation is 1. The first-order chi connectivity index (χ1) is 13.8. The van der Waals surface area contributed by atoms with Crippen LogP contribution >= 0.6 is 15.9 Å². The standard InChI is InChI=1S/C18H18BrF3N6O/c1-10-15(11(2)27(25-10)14-8-3-4-9-29-14)12-6-5-7-13(23-12)28-17(19)24-16(26-28)18(20,21)22/h5-7,14H,3-4,8-9H2,1-2H3. The van der Waals surface area contributed by atoms with E-state index in [1.165, 1.54) is 0 Å². The largest absolute Gasteiger partial charge is 0.453 e. The zero-order chi connectivity index (χ0) is 20.8. The third-order valence-electron chi connectivity index (χ3n) is 4.78. The summed E-state index contributed by atoms with van der Waals surface area (Å²) in [5.74, 6) is -1.01. The first-order valence-electron chi connectivity index (χ1n) is 9.10. The molecule has 0 N–H and O–H groups in total. The van der Waals surface area contributed by atoms with E-state index in [0.717, 1.165) is 40.9 Å². The van der Waals surface area contributed by atoms with Crippen LogP contribution in [-0.4, -0.2) is 36.1 Å². The molecule has 11 heteroatoms. The number of hydrogen-bond donors (Lipinski definition) is 0. The summed E-state index contributed by atoms with van der Waals surface area (Å²) < 4.78 is 47.4. The Hall–Kier alpha value is -2.27. The number of ether oxygens (including phenoxy) is 1. The zero-order valence-corrected chi connectivity index (χ0v) is 17.3. The Morgan fingerprint density at radius 3 is 2.59 bits per heavy atom. The van der Waals surface area contributed by atoms with Crippen LogP contribution in [0.5, 0.6) is 0 Å². The molecule has 1 atom stereocenters. The van der Waals surface area contributed by atoms with Gasteiger partial charge in [0.05, 0.1) is 11.4 Å². The number of hydrogen-bond acceptors (Lipinski definition) is 5. The lowest BCUT2D eigenvalue weighted by Gasteiger charge is -2.24. The second-order valence-electron chi connectivity index (χ2n) is 6.81. The topological polar surface area (TPSA) is 70.7 Å². The maximum absolute atomic E-state index is 12.9. The van der Waals surface area contributed by atoms with Crippen molar-refractivity contribution in [2.24, 2.45) is 0 Å². The molecule has 0 bridgehead atoms. The first kappa shape index (κ1) is 20.0. The Morgan fingerprint density at radius 1 is 1.14 bits per heavy atom. The first-order valence-corrected chi connectivity index (χ1v) is 9.90. The van der Waals surface area contributed by atoms with Gasteiger partial charge < -0.3 is 4.74 Å². The van der Waals surface area contributed by atoms with Crippen molar-refractivity contribution in [1.29, 1.82) is 0 Å². The van der Waals surface area contributed by atoms with E-state index in [0.29, 0.717) is 12.3 Å². The minimum absolute atomic E-state index is 0.0748. The third-order valence-corrected chi connectivity index (χ3v) is 5.30. The van der Waals surface area contributed by atoms with E-state index >= 15 is 0 Å². The highest BCUT2D eigenvalue weighted by Gasteiger charge is 2.37. The van der Waals surface area contributed by atoms with E-state index in [2.05, 4.69) is 36.1 Å². The summed E-state index contributed by atoms with van der Waals surface area (Å²) in [5.41, 5.74) is 3.09. The monoisotopic (exact) mass is 470 g/mol. The quantitative estimate of drug-likeness (QED) is 0.558. The molecule has 1 unspecified atom stereocenters. The maximum atomic E-state index is 12.9. The zero-order valence-electron chi connectivity index (χ0n) is 15.7. The van der Waals surface area contributed by atoms with Gasteiger partial charge in [-0.15, -0.1) is 5.10 Å². The lowest BCUT2D eigenvalue weighted by atomic mass is 10.1. The van der Waals surface area contributed by atoms with Crippen molar-refractivity contribution in [3.8, 4) is 17.1 Å². The van der Waals surface area contributed by atoms with Crippen LogP contribution in [0.1, 0.15) is 42.7 Å². The fraction of sp³-hybridized carbons (Fsp3) is 0.444. The molecular weight excluding hydrogens is 453 g/mol. The molecule has 154 valence electrons. The van der Waals surface area contributed by atoms with Crippen LogP contribution in [0.15, 0.2) is 22.9 Å². The predicted octanol–water partition coefficient (Wildman–Crippen LogP) is 4.62. The Morgan fingerprint density at radius 2 is 1.93 bits per heavy atom. The molecule has 0 aromatic carbocycles. The maximum Gasteiger partial charge on any atom is 0.453 e. The smallest absolute Gasteiger partial charge is 0.357 e. The molecule has 4 rings (SSSR count). The average Bonchev–Trinajstić information content (AvgIpc) is 3.22. The molecule has 7 nitrogen and oxygen atoms in total. The number of pyridine rings is 1. The molecule has 0 radical (unpaired) electrons. The SMILES string of the molecule is Cc1nn(C2CCCCO2)c(C)c1-c1cccc(-n2nc(C(F)(F)F)nc2Br)n1. The van der Waals surface area contributed by atoms with E-state index in [-0.39, 0.29) is 16.8 Å². The molecule has 1 fully saturated rings. The molecular formula is C18H18BrF3N6O. The Balaban J connectivity index is 1.73. The number of halogens is 4. The highest BCUT2D eigenvalue weighted by atomic mass is 79.9. The number of alkyl halides is 3. The summed E-state index contributed by atoms with van der Waals surface area (Å²) in [6.07, 6.45) is -1.74. The minimum Gasteiger partial charge on any atom is -0.357 e. The van der Waals surface area contributed by atoms with Crippen molar-refractivity contribution in [3.05, 3.63) is 40.1 Å². The van der Waals surface area contributed by atoms with Gasteiger partial charge in [-0.25, -0.2) is 9.67 Å². The normalized spacial score (nSPS) is 17.7. The lowest BCUT2D eigenvalue weighted by Crippen LogP contribution is -2.20. The predicted molar refractivity (Wildman–Crippen MR) is 101 cm³/mol. The summed E-state index contributed by atoms with van der Waals surface area (Å²) in [6.45, 7) is 4.52. The number of nitrogens with zero attached hydrogens (tertiary/aromatic N) is 6. The molecule has 0 amide bonds. The summed E-state index contributed by atoms with van der Waals surface area (Å²) in [7, 11) is 0. The second-order valence-corrected chi connectivity index (χ2v) is 7.52. The van der Waals surface area contributed by atoms with Gasteiger partial charge in [0.1, 0.15) is 6.23 Å². The molecule has 4 heterocycles. The molecule has 0 saturated carbocycles. The highest BCUT2D eigenvalue weighted by molar-refractivity contribution is 9.10. The van der Waals surface area contributed by atoms with E-state index in [1.807, 2.05) is 18.5 Å². The van der Waals surface area contributed by atoms with Gasteiger partial charge in [-0.05, 0) is 61.2 Å². The molecule has 1 aliphatic rings. The van der Waals surface area contributed by atoms with Gasteiger partial charge in [0.15, 0.2) is 5.82 Å². The van der Waals surface area contributed by atoms with E-state index in [9.17, 15) is 13.2 Å². The fourth-order valence-corrected chi connectivity index (χ4v) is 3.90. The lowest BCUT2D eigenvalue weighted by molar-refractivity contribution is -0.144. The molecule has 1 saturated heterocycles. The van der Waals surface area contributed by atoms with Crippen molar-refractivity contribution in [3.63, 3.8) is 0 Å². The Kier molecular flexibility index (Phi) is 5.19. The Labute approximate surface area is 173 Å². The van der Waals surface area contributed by atoms with Crippen LogP contribution in [0.25, 0.3) is 17.1 Å². The molecule has 0 spiro atoms. The Bertz CT molecular complexity index is 1040. The molecule has 3 aromatic heterocycles.